The van der Waals surface area contributed by atoms with Crippen LogP contribution in [0.1, 0.15) is 145 Å². The van der Waals surface area contributed by atoms with Crippen LogP contribution in [0.3, 0.4) is 0 Å². The lowest BCUT2D eigenvalue weighted by Gasteiger charge is -2.32. The fourth-order valence-corrected chi connectivity index (χ4v) is 12.8. The van der Waals surface area contributed by atoms with Gasteiger partial charge in [0.1, 0.15) is 0 Å². The van der Waals surface area contributed by atoms with Crippen molar-refractivity contribution in [3.8, 4) is 17.2 Å². The third kappa shape index (κ3) is 3.38. The van der Waals surface area contributed by atoms with E-state index in [1.54, 1.807) is 0 Å². The third-order valence-corrected chi connectivity index (χ3v) is 13.7. The topological polar surface area (TPSA) is 32.6 Å². The van der Waals surface area contributed by atoms with E-state index in [0.29, 0.717) is 11.8 Å². The summed E-state index contributed by atoms with van der Waals surface area (Å²) in [6.45, 7) is 28.0. The predicted octanol–water partition coefficient (Wildman–Crippen LogP) is 12.6. The molecule has 2 bridgehead atoms. The molecule has 11 rings (SSSR count). The van der Waals surface area contributed by atoms with Crippen LogP contribution < -0.4 is 0 Å². The number of rotatable bonds is 1. The average molecular weight is 640 g/mol. The highest BCUT2D eigenvalue weighted by atomic mass is 14.9. The van der Waals surface area contributed by atoms with Crippen molar-refractivity contribution in [3.63, 3.8) is 0 Å². The zero-order valence-corrected chi connectivity index (χ0v) is 30.3. The Hall–Kier alpha value is -4.34. The lowest BCUT2D eigenvalue weighted by atomic mass is 9.71. The molecule has 4 aromatic carbocycles. The SMILES string of the molecule is [C-]#[N+]c1c2c(c3c4cc(-c5ccccc5)cc5c6c7c(c(C#N)c8c6n(c3c1C1CCC8CC1)c54)C(C)(C)CC7(C)C)C(C)(C)CC2(C)C. The third-order valence-electron chi connectivity index (χ3n) is 13.7. The number of fused-ring (bicyclic) bond motifs is 8. The monoisotopic (exact) mass is 639 g/mol. The van der Waals surface area contributed by atoms with Crippen LogP contribution in [-0.2, 0) is 21.7 Å². The Kier molecular flexibility index (Phi) is 5.35. The molecule has 4 heterocycles. The second-order valence-corrected chi connectivity index (χ2v) is 18.8. The summed E-state index contributed by atoms with van der Waals surface area (Å²) >= 11 is 0. The minimum absolute atomic E-state index is 0.0813. The van der Waals surface area contributed by atoms with Crippen LogP contribution in [0.15, 0.2) is 42.5 Å². The van der Waals surface area contributed by atoms with Crippen molar-refractivity contribution in [2.75, 3.05) is 0 Å². The summed E-state index contributed by atoms with van der Waals surface area (Å²) in [6.07, 6.45) is 6.32. The smallest absolute Gasteiger partial charge is 0.196 e. The van der Waals surface area contributed by atoms with Crippen LogP contribution in [0.2, 0.25) is 0 Å². The summed E-state index contributed by atoms with van der Waals surface area (Å²) in [5.41, 5.74) is 15.9. The van der Waals surface area contributed by atoms with Gasteiger partial charge in [0, 0.05) is 27.1 Å². The highest BCUT2D eigenvalue weighted by Crippen LogP contribution is 2.64. The highest BCUT2D eigenvalue weighted by Gasteiger charge is 2.51. The number of hydrogen-bond donors (Lipinski definition) is 0. The minimum Gasteiger partial charge on any atom is -0.309 e. The maximum Gasteiger partial charge on any atom is 0.196 e. The maximum atomic E-state index is 11.3. The van der Waals surface area contributed by atoms with Gasteiger partial charge in [-0.1, -0.05) is 85.7 Å². The van der Waals surface area contributed by atoms with E-state index in [0.717, 1.165) is 49.8 Å². The molecule has 5 aliphatic rings. The average Bonchev–Trinajstić information content (AvgIpc) is 3.70. The Labute approximate surface area is 290 Å². The summed E-state index contributed by atoms with van der Waals surface area (Å²) in [5.74, 6) is 0.680. The van der Waals surface area contributed by atoms with Crippen molar-refractivity contribution in [1.29, 1.82) is 5.26 Å². The van der Waals surface area contributed by atoms with Gasteiger partial charge in [0.25, 0.3) is 0 Å². The first kappa shape index (κ1) is 29.6. The largest absolute Gasteiger partial charge is 0.309 e. The molecule has 1 saturated carbocycles. The molecule has 3 nitrogen and oxygen atoms in total. The first-order valence-electron chi connectivity index (χ1n) is 18.5. The fraction of sp³-hybridized carbons (Fsp3) is 0.435. The number of benzene rings is 4. The van der Waals surface area contributed by atoms with Crippen molar-refractivity contribution < 1.29 is 0 Å². The first-order chi connectivity index (χ1) is 23.2. The van der Waals surface area contributed by atoms with Crippen molar-refractivity contribution in [2.24, 2.45) is 0 Å². The van der Waals surface area contributed by atoms with Crippen LogP contribution in [0.25, 0.3) is 54.1 Å². The van der Waals surface area contributed by atoms with Gasteiger partial charge in [0.15, 0.2) is 5.69 Å². The van der Waals surface area contributed by atoms with Crippen molar-refractivity contribution in [2.45, 2.75) is 127 Å². The van der Waals surface area contributed by atoms with Gasteiger partial charge in [-0.3, -0.25) is 0 Å². The lowest BCUT2D eigenvalue weighted by Crippen LogP contribution is -2.19. The molecule has 0 atom stereocenters. The van der Waals surface area contributed by atoms with Gasteiger partial charge in [-0.25, -0.2) is 4.85 Å². The van der Waals surface area contributed by atoms with Gasteiger partial charge in [0.05, 0.1) is 29.2 Å². The molecule has 2 aliphatic heterocycles. The maximum absolute atomic E-state index is 11.3. The van der Waals surface area contributed by atoms with E-state index in [9.17, 15) is 5.26 Å². The molecule has 0 unspecified atom stereocenters. The van der Waals surface area contributed by atoms with Gasteiger partial charge in [-0.2, -0.15) is 5.26 Å². The molecular formula is C46H45N3. The molecule has 49 heavy (non-hydrogen) atoms. The van der Waals surface area contributed by atoms with Crippen molar-refractivity contribution >= 4 is 43.8 Å². The number of hydrogen-bond acceptors (Lipinski definition) is 1. The van der Waals surface area contributed by atoms with Crippen LogP contribution in [0.4, 0.5) is 5.69 Å². The molecule has 244 valence electrons. The van der Waals surface area contributed by atoms with E-state index in [-0.39, 0.29) is 21.7 Å². The zero-order valence-electron chi connectivity index (χ0n) is 30.3. The van der Waals surface area contributed by atoms with Gasteiger partial charge < -0.3 is 4.40 Å². The molecule has 3 heteroatoms. The van der Waals surface area contributed by atoms with E-state index in [1.165, 1.54) is 82.6 Å². The molecular weight excluding hydrogens is 595 g/mol. The molecule has 6 aromatic rings. The van der Waals surface area contributed by atoms with Crippen LogP contribution in [0, 0.1) is 17.9 Å². The number of aromatic nitrogens is 1. The summed E-state index contributed by atoms with van der Waals surface area (Å²) in [6, 6.07) is 18.8. The van der Waals surface area contributed by atoms with Crippen LogP contribution in [-0.4, -0.2) is 4.40 Å². The number of nitriles is 1. The van der Waals surface area contributed by atoms with E-state index in [4.69, 9.17) is 6.57 Å². The standard InChI is InChI=1S/C46H45N3/c1-43(2)22-44(3,4)36-33-28-19-27(24-13-11-10-12-14-24)20-29-34-37-38(46(7,8)23-45(37,5)6)39(48-9)32-26-17-15-25(16-18-26)31(30(21-47)35(36)43)41(33)49(40(28)29)42(32)34/h10-14,19-20,25-26H,15-18,22-23H2,1-8H3. The Morgan fingerprint density at radius 2 is 1.14 bits per heavy atom. The van der Waals surface area contributed by atoms with Gasteiger partial charge in [0.2, 0.25) is 0 Å². The summed E-state index contributed by atoms with van der Waals surface area (Å²) < 4.78 is 2.64. The van der Waals surface area contributed by atoms with E-state index < -0.39 is 0 Å². The molecule has 1 fully saturated rings. The second kappa shape index (κ2) is 8.87. The van der Waals surface area contributed by atoms with E-state index in [1.807, 2.05) is 0 Å². The molecule has 3 aliphatic carbocycles. The number of nitrogens with zero attached hydrogens (tertiary/aromatic N) is 3. The molecule has 0 spiro atoms. The van der Waals surface area contributed by atoms with Gasteiger partial charge in [-0.15, -0.1) is 0 Å². The normalized spacial score (nSPS) is 23.6. The van der Waals surface area contributed by atoms with Crippen LogP contribution in [0.5, 0.6) is 0 Å². The molecule has 0 radical (unpaired) electrons. The Morgan fingerprint density at radius 3 is 1.69 bits per heavy atom. The lowest BCUT2D eigenvalue weighted by molar-refractivity contribution is 0.396. The molecule has 0 amide bonds. The fourth-order valence-electron chi connectivity index (χ4n) is 12.8. The Bertz CT molecular complexity index is 2410. The highest BCUT2D eigenvalue weighted by molar-refractivity contribution is 6.28. The summed E-state index contributed by atoms with van der Waals surface area (Å²) in [5, 5.41) is 16.7. The predicted molar refractivity (Wildman–Crippen MR) is 203 cm³/mol. The Balaban J connectivity index is 1.60. The molecule has 0 saturated heterocycles. The minimum atomic E-state index is -0.0978. The van der Waals surface area contributed by atoms with Crippen molar-refractivity contribution in [1.82, 2.24) is 4.40 Å². The molecule has 0 N–H and O–H groups in total. The van der Waals surface area contributed by atoms with Crippen LogP contribution >= 0.6 is 0 Å². The first-order valence-corrected chi connectivity index (χ1v) is 18.5. The zero-order chi connectivity index (χ0) is 34.2. The van der Waals surface area contributed by atoms with Gasteiger partial charge in [-0.05, 0) is 129 Å². The van der Waals surface area contributed by atoms with E-state index in [2.05, 4.69) is 113 Å². The quantitative estimate of drug-likeness (QED) is 0.165. The van der Waals surface area contributed by atoms with Gasteiger partial charge >= 0.3 is 0 Å². The Morgan fingerprint density at radius 1 is 0.653 bits per heavy atom. The van der Waals surface area contributed by atoms with E-state index >= 15 is 0 Å². The molecule has 2 aromatic heterocycles. The van der Waals surface area contributed by atoms with Crippen molar-refractivity contribution in [3.05, 3.63) is 92.8 Å². The summed E-state index contributed by atoms with van der Waals surface area (Å²) in [4.78, 5) is 4.54. The second-order valence-electron chi connectivity index (χ2n) is 18.8. The summed E-state index contributed by atoms with van der Waals surface area (Å²) in [7, 11) is 0.